The highest BCUT2D eigenvalue weighted by atomic mass is 79.9. The first-order valence-electron chi connectivity index (χ1n) is 6.88. The fourth-order valence-electron chi connectivity index (χ4n) is 1.95. The Morgan fingerprint density at radius 2 is 1.52 bits per heavy atom. The van der Waals surface area contributed by atoms with Crippen molar-refractivity contribution in [2.45, 2.75) is 12.8 Å². The minimum atomic E-state index is -0.415. The number of amides is 2. The lowest BCUT2D eigenvalue weighted by molar-refractivity contribution is -0.116. The maximum atomic E-state index is 12.1. The third-order valence-electron chi connectivity index (χ3n) is 2.99. The first-order valence-corrected chi connectivity index (χ1v) is 7.68. The number of rotatable bonds is 5. The van der Waals surface area contributed by atoms with Crippen molar-refractivity contribution in [3.8, 4) is 6.07 Å². The van der Waals surface area contributed by atoms with Gasteiger partial charge in [0.2, 0.25) is 11.8 Å². The summed E-state index contributed by atoms with van der Waals surface area (Å²) < 4.78 is 0.951. The molecule has 0 aliphatic heterocycles. The van der Waals surface area contributed by atoms with Crippen molar-refractivity contribution in [1.29, 1.82) is 5.26 Å². The fraction of sp³-hybridized carbons (Fsp3) is 0.118. The molecule has 116 valence electrons. The number of nitrogens with one attached hydrogen (secondary N) is 2. The molecule has 0 heterocycles. The Morgan fingerprint density at radius 3 is 2.09 bits per heavy atom. The summed E-state index contributed by atoms with van der Waals surface area (Å²) >= 11 is 3.35. The molecule has 0 aliphatic rings. The molecule has 0 atom stereocenters. The molecule has 0 radical (unpaired) electrons. The molecule has 0 spiro atoms. The number of nitrogens with zero attached hydrogens (tertiary/aromatic N) is 1. The highest BCUT2D eigenvalue weighted by Crippen LogP contribution is 2.21. The lowest BCUT2D eigenvalue weighted by Gasteiger charge is -2.11. The van der Waals surface area contributed by atoms with Gasteiger partial charge in [0, 0.05) is 4.47 Å². The van der Waals surface area contributed by atoms with Gasteiger partial charge in [-0.1, -0.05) is 40.2 Å². The van der Waals surface area contributed by atoms with Crippen LogP contribution in [0.15, 0.2) is 53.0 Å². The standard InChI is InChI=1S/C17H14BrN3O2/c18-13-7-5-12(6-8-13)11-17(23)21-15-4-2-1-3-14(15)20-16(22)9-10-19/h1-8H,9,11H2,(H,20,22)(H,21,23). The zero-order chi connectivity index (χ0) is 16.7. The van der Waals surface area contributed by atoms with E-state index in [2.05, 4.69) is 26.6 Å². The van der Waals surface area contributed by atoms with E-state index in [0.717, 1.165) is 10.0 Å². The maximum absolute atomic E-state index is 12.1. The van der Waals surface area contributed by atoms with Crippen molar-refractivity contribution < 1.29 is 9.59 Å². The van der Waals surface area contributed by atoms with Gasteiger partial charge in [0.25, 0.3) is 0 Å². The van der Waals surface area contributed by atoms with Gasteiger partial charge in [-0.2, -0.15) is 5.26 Å². The zero-order valence-electron chi connectivity index (χ0n) is 12.2. The Kier molecular flexibility index (Phi) is 5.89. The van der Waals surface area contributed by atoms with E-state index < -0.39 is 5.91 Å². The predicted octanol–water partition coefficient (Wildman–Crippen LogP) is 3.48. The summed E-state index contributed by atoms with van der Waals surface area (Å²) in [7, 11) is 0. The average molecular weight is 372 g/mol. The first-order chi connectivity index (χ1) is 11.1. The monoisotopic (exact) mass is 371 g/mol. The highest BCUT2D eigenvalue weighted by Gasteiger charge is 2.09. The number of carbonyl (C=O) groups is 2. The van der Waals surface area contributed by atoms with E-state index in [1.165, 1.54) is 0 Å². The number of anilines is 2. The molecular formula is C17H14BrN3O2. The number of para-hydroxylation sites is 2. The van der Waals surface area contributed by atoms with E-state index in [9.17, 15) is 9.59 Å². The number of nitriles is 1. The minimum Gasteiger partial charge on any atom is -0.324 e. The van der Waals surface area contributed by atoms with Crippen molar-refractivity contribution in [2.75, 3.05) is 10.6 Å². The van der Waals surface area contributed by atoms with Crippen LogP contribution in [0.3, 0.4) is 0 Å². The van der Waals surface area contributed by atoms with Crippen LogP contribution in [0.1, 0.15) is 12.0 Å². The molecule has 23 heavy (non-hydrogen) atoms. The van der Waals surface area contributed by atoms with Gasteiger partial charge in [0.05, 0.1) is 23.9 Å². The molecule has 6 heteroatoms. The van der Waals surface area contributed by atoms with E-state index in [4.69, 9.17) is 5.26 Å². The van der Waals surface area contributed by atoms with Gasteiger partial charge in [-0.05, 0) is 29.8 Å². The predicted molar refractivity (Wildman–Crippen MR) is 91.8 cm³/mol. The smallest absolute Gasteiger partial charge is 0.238 e. The Balaban J connectivity index is 2.04. The largest absolute Gasteiger partial charge is 0.324 e. The van der Waals surface area contributed by atoms with Crippen LogP contribution in [0.25, 0.3) is 0 Å². The fourth-order valence-corrected chi connectivity index (χ4v) is 2.21. The summed E-state index contributed by atoms with van der Waals surface area (Å²) in [5.41, 5.74) is 1.86. The average Bonchev–Trinajstić information content (AvgIpc) is 2.52. The van der Waals surface area contributed by atoms with Crippen LogP contribution in [0, 0.1) is 11.3 Å². The SMILES string of the molecule is N#CCC(=O)Nc1ccccc1NC(=O)Cc1ccc(Br)cc1. The summed E-state index contributed by atoms with van der Waals surface area (Å²) in [6, 6.07) is 16.1. The van der Waals surface area contributed by atoms with Crippen LogP contribution in [0.4, 0.5) is 11.4 Å². The first kappa shape index (κ1) is 16.7. The van der Waals surface area contributed by atoms with Gasteiger partial charge in [0.15, 0.2) is 0 Å². The molecule has 2 aromatic rings. The second kappa shape index (κ2) is 8.11. The number of hydrogen-bond acceptors (Lipinski definition) is 3. The summed E-state index contributed by atoms with van der Waals surface area (Å²) in [5.74, 6) is -0.601. The van der Waals surface area contributed by atoms with Gasteiger partial charge < -0.3 is 10.6 Å². The van der Waals surface area contributed by atoms with Crippen molar-refractivity contribution >= 4 is 39.1 Å². The maximum Gasteiger partial charge on any atom is 0.238 e. The van der Waals surface area contributed by atoms with Crippen molar-refractivity contribution in [2.24, 2.45) is 0 Å². The van der Waals surface area contributed by atoms with E-state index in [-0.39, 0.29) is 18.7 Å². The number of halogens is 1. The van der Waals surface area contributed by atoms with Crippen LogP contribution in [0.2, 0.25) is 0 Å². The minimum absolute atomic E-state index is 0.186. The Morgan fingerprint density at radius 1 is 0.957 bits per heavy atom. The normalized spacial score (nSPS) is 9.74. The van der Waals surface area contributed by atoms with Gasteiger partial charge in [-0.3, -0.25) is 9.59 Å². The molecule has 2 amide bonds. The molecule has 0 bridgehead atoms. The molecule has 2 N–H and O–H groups in total. The lowest BCUT2D eigenvalue weighted by Crippen LogP contribution is -2.17. The molecule has 0 saturated carbocycles. The Labute approximate surface area is 142 Å². The topological polar surface area (TPSA) is 82.0 Å². The van der Waals surface area contributed by atoms with E-state index >= 15 is 0 Å². The lowest BCUT2D eigenvalue weighted by atomic mass is 10.1. The third-order valence-corrected chi connectivity index (χ3v) is 3.52. The quantitative estimate of drug-likeness (QED) is 0.843. The summed E-state index contributed by atoms with van der Waals surface area (Å²) in [6.45, 7) is 0. The Bertz CT molecular complexity index is 751. The van der Waals surface area contributed by atoms with E-state index in [0.29, 0.717) is 11.4 Å². The molecule has 0 fully saturated rings. The van der Waals surface area contributed by atoms with Crippen LogP contribution in [-0.4, -0.2) is 11.8 Å². The summed E-state index contributed by atoms with van der Waals surface area (Å²) in [4.78, 5) is 23.7. The van der Waals surface area contributed by atoms with Crippen molar-refractivity contribution in [3.05, 3.63) is 58.6 Å². The summed E-state index contributed by atoms with van der Waals surface area (Å²) in [6.07, 6.45) is -0.00503. The number of benzene rings is 2. The van der Waals surface area contributed by atoms with Crippen molar-refractivity contribution in [1.82, 2.24) is 0 Å². The number of hydrogen-bond donors (Lipinski definition) is 2. The van der Waals surface area contributed by atoms with Crippen molar-refractivity contribution in [3.63, 3.8) is 0 Å². The molecule has 2 rings (SSSR count). The third kappa shape index (κ3) is 5.24. The molecule has 2 aromatic carbocycles. The molecule has 0 saturated heterocycles. The second-order valence-electron chi connectivity index (χ2n) is 4.78. The molecule has 0 aliphatic carbocycles. The highest BCUT2D eigenvalue weighted by molar-refractivity contribution is 9.10. The molecular weight excluding hydrogens is 358 g/mol. The molecule has 0 aromatic heterocycles. The second-order valence-corrected chi connectivity index (χ2v) is 5.70. The summed E-state index contributed by atoms with van der Waals surface area (Å²) in [5, 5.41) is 13.9. The number of carbonyl (C=O) groups excluding carboxylic acids is 2. The van der Waals surface area contributed by atoms with Gasteiger partial charge in [0.1, 0.15) is 6.42 Å². The van der Waals surface area contributed by atoms with E-state index in [1.54, 1.807) is 30.3 Å². The van der Waals surface area contributed by atoms with E-state index in [1.807, 2.05) is 24.3 Å². The van der Waals surface area contributed by atoms with Gasteiger partial charge in [-0.25, -0.2) is 0 Å². The van der Waals surface area contributed by atoms with Crippen LogP contribution in [-0.2, 0) is 16.0 Å². The molecule has 0 unspecified atom stereocenters. The van der Waals surface area contributed by atoms with Gasteiger partial charge >= 0.3 is 0 Å². The zero-order valence-corrected chi connectivity index (χ0v) is 13.8. The van der Waals surface area contributed by atoms with Crippen LogP contribution < -0.4 is 10.6 Å². The van der Waals surface area contributed by atoms with Crippen LogP contribution >= 0.6 is 15.9 Å². The molecule has 5 nitrogen and oxygen atoms in total. The Hall–Kier alpha value is -2.65. The van der Waals surface area contributed by atoms with Crippen LogP contribution in [0.5, 0.6) is 0 Å². The van der Waals surface area contributed by atoms with Gasteiger partial charge in [-0.15, -0.1) is 0 Å².